The molecule has 20 heavy (non-hydrogen) atoms. The van der Waals surface area contributed by atoms with Gasteiger partial charge in [-0.3, -0.25) is 0 Å². The van der Waals surface area contributed by atoms with E-state index < -0.39 is 11.9 Å². The predicted octanol–water partition coefficient (Wildman–Crippen LogP) is 2.45. The van der Waals surface area contributed by atoms with Crippen LogP contribution in [0.5, 0.6) is 0 Å². The van der Waals surface area contributed by atoms with Crippen molar-refractivity contribution < 1.29 is 13.2 Å². The minimum Gasteiger partial charge on any atom is -0.337 e. The molecule has 2 N–H and O–H groups in total. The van der Waals surface area contributed by atoms with Crippen molar-refractivity contribution in [3.8, 4) is 0 Å². The van der Waals surface area contributed by atoms with Crippen molar-refractivity contribution in [1.82, 2.24) is 9.97 Å². The summed E-state index contributed by atoms with van der Waals surface area (Å²) in [5.41, 5.74) is 4.85. The molecule has 0 radical (unpaired) electrons. The first-order valence-corrected chi connectivity index (χ1v) is 6.82. The molecular weight excluding hydrogens is 269 g/mol. The van der Waals surface area contributed by atoms with Gasteiger partial charge in [-0.1, -0.05) is 13.3 Å². The standard InChI is InChI=1S/C13H19F3N4/c1-2-9-4-6-20(10(7-9)8-17)12-18-5-3-11(19-12)13(14,15)16/h3,5,9-10H,2,4,6-8,17H2,1H3. The monoisotopic (exact) mass is 288 g/mol. The molecule has 0 spiro atoms. The van der Waals surface area contributed by atoms with Gasteiger partial charge in [-0.05, 0) is 24.8 Å². The molecule has 1 fully saturated rings. The van der Waals surface area contributed by atoms with E-state index in [1.807, 2.05) is 0 Å². The highest BCUT2D eigenvalue weighted by atomic mass is 19.4. The summed E-state index contributed by atoms with van der Waals surface area (Å²) < 4.78 is 38.1. The number of aromatic nitrogens is 2. The molecule has 0 amide bonds. The number of alkyl halides is 3. The SMILES string of the molecule is CCC1CCN(c2nccc(C(F)(F)F)n2)C(CN)C1. The second kappa shape index (κ2) is 5.95. The Morgan fingerprint density at radius 1 is 1.45 bits per heavy atom. The average molecular weight is 288 g/mol. The van der Waals surface area contributed by atoms with E-state index in [9.17, 15) is 13.2 Å². The van der Waals surface area contributed by atoms with Crippen molar-refractivity contribution in [3.63, 3.8) is 0 Å². The highest BCUT2D eigenvalue weighted by Gasteiger charge is 2.34. The van der Waals surface area contributed by atoms with E-state index in [1.165, 1.54) is 0 Å². The number of halogens is 3. The van der Waals surface area contributed by atoms with Gasteiger partial charge in [0.15, 0.2) is 0 Å². The molecule has 0 saturated carbocycles. The molecule has 112 valence electrons. The van der Waals surface area contributed by atoms with Gasteiger partial charge in [-0.15, -0.1) is 0 Å². The van der Waals surface area contributed by atoms with Crippen molar-refractivity contribution in [2.24, 2.45) is 11.7 Å². The second-order valence-electron chi connectivity index (χ2n) is 5.12. The Morgan fingerprint density at radius 3 is 2.80 bits per heavy atom. The molecule has 1 aliphatic heterocycles. The fourth-order valence-electron chi connectivity index (χ4n) is 2.64. The molecule has 7 heteroatoms. The Bertz CT molecular complexity index is 449. The normalized spacial score (nSPS) is 23.9. The summed E-state index contributed by atoms with van der Waals surface area (Å²) >= 11 is 0. The zero-order valence-corrected chi connectivity index (χ0v) is 11.4. The molecule has 2 heterocycles. The largest absolute Gasteiger partial charge is 0.433 e. The number of rotatable bonds is 3. The molecular formula is C13H19F3N4. The van der Waals surface area contributed by atoms with E-state index in [-0.39, 0.29) is 12.0 Å². The van der Waals surface area contributed by atoms with E-state index in [0.717, 1.165) is 31.5 Å². The lowest BCUT2D eigenvalue weighted by Crippen LogP contribution is -2.47. The zero-order chi connectivity index (χ0) is 14.8. The maximum Gasteiger partial charge on any atom is 0.433 e. The number of anilines is 1. The van der Waals surface area contributed by atoms with Crippen LogP contribution in [0.4, 0.5) is 19.1 Å². The minimum atomic E-state index is -4.45. The molecule has 1 aromatic rings. The lowest BCUT2D eigenvalue weighted by molar-refractivity contribution is -0.141. The van der Waals surface area contributed by atoms with Crippen molar-refractivity contribution in [3.05, 3.63) is 18.0 Å². The first-order valence-electron chi connectivity index (χ1n) is 6.82. The first-order chi connectivity index (χ1) is 9.45. The smallest absolute Gasteiger partial charge is 0.337 e. The van der Waals surface area contributed by atoms with Gasteiger partial charge in [0.05, 0.1) is 0 Å². The fourth-order valence-corrected chi connectivity index (χ4v) is 2.64. The summed E-state index contributed by atoms with van der Waals surface area (Å²) in [5.74, 6) is 0.704. The van der Waals surface area contributed by atoms with E-state index >= 15 is 0 Å². The van der Waals surface area contributed by atoms with Gasteiger partial charge in [-0.2, -0.15) is 13.2 Å². The Balaban J connectivity index is 2.22. The number of nitrogens with zero attached hydrogens (tertiary/aromatic N) is 3. The third-order valence-corrected chi connectivity index (χ3v) is 3.86. The van der Waals surface area contributed by atoms with Crippen molar-refractivity contribution in [1.29, 1.82) is 0 Å². The molecule has 1 aliphatic rings. The van der Waals surface area contributed by atoms with E-state index in [4.69, 9.17) is 5.73 Å². The fraction of sp³-hybridized carbons (Fsp3) is 0.692. The van der Waals surface area contributed by atoms with Crippen LogP contribution in [-0.2, 0) is 6.18 Å². The topological polar surface area (TPSA) is 55.0 Å². The van der Waals surface area contributed by atoms with Gasteiger partial charge < -0.3 is 10.6 Å². The zero-order valence-electron chi connectivity index (χ0n) is 11.4. The van der Waals surface area contributed by atoms with Crippen molar-refractivity contribution in [2.75, 3.05) is 18.0 Å². The quantitative estimate of drug-likeness (QED) is 0.928. The number of piperidine rings is 1. The summed E-state index contributed by atoms with van der Waals surface area (Å²) in [7, 11) is 0. The summed E-state index contributed by atoms with van der Waals surface area (Å²) in [4.78, 5) is 9.44. The van der Waals surface area contributed by atoms with Crippen LogP contribution in [0.25, 0.3) is 0 Å². The molecule has 0 aliphatic carbocycles. The van der Waals surface area contributed by atoms with Crippen LogP contribution in [0, 0.1) is 5.92 Å². The van der Waals surface area contributed by atoms with Crippen LogP contribution < -0.4 is 10.6 Å². The second-order valence-corrected chi connectivity index (χ2v) is 5.12. The Hall–Kier alpha value is -1.37. The Labute approximate surface area is 116 Å². The average Bonchev–Trinajstić information content (AvgIpc) is 2.45. The number of hydrogen-bond donors (Lipinski definition) is 1. The van der Waals surface area contributed by atoms with E-state index in [0.29, 0.717) is 19.0 Å². The van der Waals surface area contributed by atoms with Crippen LogP contribution >= 0.6 is 0 Å². The van der Waals surface area contributed by atoms with Crippen LogP contribution in [0.3, 0.4) is 0 Å². The van der Waals surface area contributed by atoms with Crippen LogP contribution in [0.15, 0.2) is 12.3 Å². The van der Waals surface area contributed by atoms with Crippen LogP contribution in [0.1, 0.15) is 31.9 Å². The lowest BCUT2D eigenvalue weighted by atomic mass is 9.89. The minimum absolute atomic E-state index is 0.0113. The first kappa shape index (κ1) is 15.0. The molecule has 2 atom stereocenters. The van der Waals surface area contributed by atoms with Gasteiger partial charge in [0.1, 0.15) is 5.69 Å². The summed E-state index contributed by atoms with van der Waals surface area (Å²) in [5, 5.41) is 0. The van der Waals surface area contributed by atoms with Crippen molar-refractivity contribution >= 4 is 5.95 Å². The Morgan fingerprint density at radius 2 is 2.20 bits per heavy atom. The van der Waals surface area contributed by atoms with Gasteiger partial charge >= 0.3 is 6.18 Å². The van der Waals surface area contributed by atoms with Crippen LogP contribution in [-0.4, -0.2) is 29.1 Å². The van der Waals surface area contributed by atoms with E-state index in [1.54, 1.807) is 4.90 Å². The molecule has 1 saturated heterocycles. The van der Waals surface area contributed by atoms with Gasteiger partial charge in [0, 0.05) is 25.3 Å². The highest BCUT2D eigenvalue weighted by Crippen LogP contribution is 2.31. The van der Waals surface area contributed by atoms with Gasteiger partial charge in [0.25, 0.3) is 0 Å². The molecule has 0 bridgehead atoms. The summed E-state index contributed by atoms with van der Waals surface area (Å²) in [6.07, 6.45) is -0.407. The lowest BCUT2D eigenvalue weighted by Gasteiger charge is -2.38. The van der Waals surface area contributed by atoms with Gasteiger partial charge in [0.2, 0.25) is 5.95 Å². The molecule has 4 nitrogen and oxygen atoms in total. The number of nitrogens with two attached hydrogens (primary N) is 1. The summed E-state index contributed by atoms with van der Waals surface area (Å²) in [6.45, 7) is 3.17. The third kappa shape index (κ3) is 3.20. The molecule has 0 aromatic carbocycles. The third-order valence-electron chi connectivity index (χ3n) is 3.86. The summed E-state index contributed by atoms with van der Waals surface area (Å²) in [6, 6.07) is 0.900. The Kier molecular flexibility index (Phi) is 4.47. The van der Waals surface area contributed by atoms with Crippen LogP contribution in [0.2, 0.25) is 0 Å². The predicted molar refractivity (Wildman–Crippen MR) is 70.2 cm³/mol. The molecule has 2 unspecified atom stereocenters. The van der Waals surface area contributed by atoms with Gasteiger partial charge in [-0.25, -0.2) is 9.97 Å². The maximum absolute atomic E-state index is 12.7. The molecule has 2 rings (SSSR count). The van der Waals surface area contributed by atoms with E-state index in [2.05, 4.69) is 16.9 Å². The number of hydrogen-bond acceptors (Lipinski definition) is 4. The van der Waals surface area contributed by atoms with Crippen molar-refractivity contribution in [2.45, 2.75) is 38.4 Å². The highest BCUT2D eigenvalue weighted by molar-refractivity contribution is 5.34. The maximum atomic E-state index is 12.7. The molecule has 1 aromatic heterocycles.